The van der Waals surface area contributed by atoms with E-state index in [1.165, 1.54) is 0 Å². The predicted molar refractivity (Wildman–Crippen MR) is 60.3 cm³/mol. The first-order chi connectivity index (χ1) is 6.59. The SMILES string of the molecule is CC1(F)CCCNc2cc(Br)ccc21. The van der Waals surface area contributed by atoms with Gasteiger partial charge in [0.25, 0.3) is 0 Å². The lowest BCUT2D eigenvalue weighted by molar-refractivity contribution is 0.178. The lowest BCUT2D eigenvalue weighted by Gasteiger charge is -2.20. The number of benzene rings is 1. The van der Waals surface area contributed by atoms with E-state index in [1.807, 2.05) is 18.2 Å². The number of nitrogens with one attached hydrogen (secondary N) is 1. The summed E-state index contributed by atoms with van der Waals surface area (Å²) in [6, 6.07) is 5.69. The van der Waals surface area contributed by atoms with E-state index in [0.29, 0.717) is 6.42 Å². The highest BCUT2D eigenvalue weighted by atomic mass is 79.9. The second-order valence-electron chi connectivity index (χ2n) is 3.92. The molecule has 0 saturated carbocycles. The Bertz CT molecular complexity index is 349. The van der Waals surface area contributed by atoms with Crippen LogP contribution in [0.1, 0.15) is 25.3 Å². The maximum absolute atomic E-state index is 14.2. The molecule has 0 aliphatic carbocycles. The molecule has 0 spiro atoms. The van der Waals surface area contributed by atoms with Gasteiger partial charge in [0.2, 0.25) is 0 Å². The van der Waals surface area contributed by atoms with Gasteiger partial charge >= 0.3 is 0 Å². The Morgan fingerprint density at radius 3 is 3.07 bits per heavy atom. The summed E-state index contributed by atoms with van der Waals surface area (Å²) < 4.78 is 15.2. The summed E-state index contributed by atoms with van der Waals surface area (Å²) in [6.07, 6.45) is 1.47. The largest absolute Gasteiger partial charge is 0.385 e. The van der Waals surface area contributed by atoms with Gasteiger partial charge in [-0.3, -0.25) is 0 Å². The van der Waals surface area contributed by atoms with Crippen LogP contribution in [0.25, 0.3) is 0 Å². The predicted octanol–water partition coefficient (Wildman–Crippen LogP) is 3.84. The van der Waals surface area contributed by atoms with E-state index in [4.69, 9.17) is 0 Å². The maximum atomic E-state index is 14.2. The van der Waals surface area contributed by atoms with E-state index in [-0.39, 0.29) is 0 Å². The quantitative estimate of drug-likeness (QED) is 0.745. The molecule has 0 aromatic heterocycles. The summed E-state index contributed by atoms with van der Waals surface area (Å²) in [5, 5.41) is 3.25. The molecule has 1 aromatic rings. The number of hydrogen-bond acceptors (Lipinski definition) is 1. The molecule has 1 atom stereocenters. The highest BCUT2D eigenvalue weighted by Gasteiger charge is 2.29. The van der Waals surface area contributed by atoms with Gasteiger partial charge in [-0.25, -0.2) is 4.39 Å². The summed E-state index contributed by atoms with van der Waals surface area (Å²) in [5.74, 6) is 0. The van der Waals surface area contributed by atoms with Crippen LogP contribution in [0.15, 0.2) is 22.7 Å². The van der Waals surface area contributed by atoms with Crippen LogP contribution in [0, 0.1) is 0 Å². The lowest BCUT2D eigenvalue weighted by atomic mass is 9.93. The minimum absolute atomic E-state index is 0.592. The van der Waals surface area contributed by atoms with Gasteiger partial charge in [-0.1, -0.05) is 22.0 Å². The van der Waals surface area contributed by atoms with Crippen molar-refractivity contribution in [2.75, 3.05) is 11.9 Å². The van der Waals surface area contributed by atoms with Gasteiger partial charge in [-0.2, -0.15) is 0 Å². The molecule has 1 unspecified atom stereocenters. The lowest BCUT2D eigenvalue weighted by Crippen LogP contribution is -2.14. The third-order valence-corrected chi connectivity index (χ3v) is 3.17. The van der Waals surface area contributed by atoms with Crippen LogP contribution in [0.3, 0.4) is 0 Å². The third-order valence-electron chi connectivity index (χ3n) is 2.68. The first-order valence-corrected chi connectivity index (χ1v) is 5.62. The first kappa shape index (κ1) is 9.97. The molecule has 0 radical (unpaired) electrons. The van der Waals surface area contributed by atoms with E-state index in [1.54, 1.807) is 6.92 Å². The summed E-state index contributed by atoms with van der Waals surface area (Å²) in [7, 11) is 0. The molecule has 14 heavy (non-hydrogen) atoms. The van der Waals surface area contributed by atoms with Crippen molar-refractivity contribution >= 4 is 21.6 Å². The summed E-state index contributed by atoms with van der Waals surface area (Å²) in [5.41, 5.74) is 0.500. The number of fused-ring (bicyclic) bond motifs is 1. The van der Waals surface area contributed by atoms with Crippen molar-refractivity contribution in [3.63, 3.8) is 0 Å². The van der Waals surface area contributed by atoms with E-state index in [0.717, 1.165) is 28.7 Å². The van der Waals surface area contributed by atoms with Crippen LogP contribution in [-0.2, 0) is 5.67 Å². The van der Waals surface area contributed by atoms with Gasteiger partial charge in [-0.05, 0) is 31.9 Å². The molecule has 0 amide bonds. The van der Waals surface area contributed by atoms with E-state index in [2.05, 4.69) is 21.2 Å². The van der Waals surface area contributed by atoms with Gasteiger partial charge in [0, 0.05) is 22.3 Å². The van der Waals surface area contributed by atoms with Crippen molar-refractivity contribution in [3.05, 3.63) is 28.2 Å². The van der Waals surface area contributed by atoms with Gasteiger partial charge in [0.15, 0.2) is 0 Å². The maximum Gasteiger partial charge on any atom is 0.135 e. The van der Waals surface area contributed by atoms with Crippen molar-refractivity contribution in [2.24, 2.45) is 0 Å². The average Bonchev–Trinajstić information content (AvgIpc) is 2.25. The molecule has 76 valence electrons. The van der Waals surface area contributed by atoms with Crippen molar-refractivity contribution in [3.8, 4) is 0 Å². The summed E-state index contributed by atoms with van der Waals surface area (Å²) in [6.45, 7) is 2.51. The average molecular weight is 258 g/mol. The van der Waals surface area contributed by atoms with Crippen molar-refractivity contribution in [1.29, 1.82) is 0 Å². The molecular weight excluding hydrogens is 245 g/mol. The zero-order valence-corrected chi connectivity index (χ0v) is 9.70. The fraction of sp³-hybridized carbons (Fsp3) is 0.455. The topological polar surface area (TPSA) is 12.0 Å². The molecule has 1 aliphatic heterocycles. The normalized spacial score (nSPS) is 26.2. The zero-order chi connectivity index (χ0) is 10.2. The number of alkyl halides is 1. The molecule has 1 heterocycles. The molecule has 2 rings (SSSR count). The third kappa shape index (κ3) is 1.78. The number of anilines is 1. The van der Waals surface area contributed by atoms with Gasteiger partial charge in [-0.15, -0.1) is 0 Å². The smallest absolute Gasteiger partial charge is 0.135 e. The van der Waals surface area contributed by atoms with Crippen LogP contribution >= 0.6 is 15.9 Å². The van der Waals surface area contributed by atoms with Crippen LogP contribution in [0.2, 0.25) is 0 Å². The Morgan fingerprint density at radius 2 is 2.29 bits per heavy atom. The molecule has 1 aliphatic rings. The summed E-state index contributed by atoms with van der Waals surface area (Å²) in [4.78, 5) is 0. The molecule has 0 saturated heterocycles. The van der Waals surface area contributed by atoms with Crippen LogP contribution in [-0.4, -0.2) is 6.54 Å². The van der Waals surface area contributed by atoms with Crippen LogP contribution in [0.4, 0.5) is 10.1 Å². The Hall–Kier alpha value is -0.570. The summed E-state index contributed by atoms with van der Waals surface area (Å²) >= 11 is 3.39. The second-order valence-corrected chi connectivity index (χ2v) is 4.83. The Kier molecular flexibility index (Phi) is 2.52. The van der Waals surface area contributed by atoms with Crippen LogP contribution < -0.4 is 5.32 Å². The first-order valence-electron chi connectivity index (χ1n) is 4.82. The standard InChI is InChI=1S/C11H13BrFN/c1-11(13)5-2-6-14-10-7-8(12)3-4-9(10)11/h3-4,7,14H,2,5-6H2,1H3. The van der Waals surface area contributed by atoms with Crippen LogP contribution in [0.5, 0.6) is 0 Å². The molecule has 1 nitrogen and oxygen atoms in total. The fourth-order valence-corrected chi connectivity index (χ4v) is 2.26. The van der Waals surface area contributed by atoms with E-state index in [9.17, 15) is 4.39 Å². The van der Waals surface area contributed by atoms with Gasteiger partial charge in [0.1, 0.15) is 5.67 Å². The Labute approximate surface area is 91.8 Å². The fourth-order valence-electron chi connectivity index (χ4n) is 1.90. The molecule has 3 heteroatoms. The van der Waals surface area contributed by atoms with E-state index >= 15 is 0 Å². The molecular formula is C11H13BrFN. The molecule has 0 fully saturated rings. The highest BCUT2D eigenvalue weighted by Crippen LogP contribution is 2.38. The zero-order valence-electron chi connectivity index (χ0n) is 8.11. The van der Waals surface area contributed by atoms with E-state index < -0.39 is 5.67 Å². The molecule has 0 bridgehead atoms. The highest BCUT2D eigenvalue weighted by molar-refractivity contribution is 9.10. The van der Waals surface area contributed by atoms with Gasteiger partial charge in [0.05, 0.1) is 0 Å². The molecule has 1 N–H and O–H groups in total. The Balaban J connectivity index is 2.50. The van der Waals surface area contributed by atoms with Crippen molar-refractivity contribution in [1.82, 2.24) is 0 Å². The molecule has 1 aromatic carbocycles. The van der Waals surface area contributed by atoms with Crippen molar-refractivity contribution < 1.29 is 4.39 Å². The van der Waals surface area contributed by atoms with Crippen molar-refractivity contribution in [2.45, 2.75) is 25.4 Å². The second kappa shape index (κ2) is 3.54. The monoisotopic (exact) mass is 257 g/mol. The minimum atomic E-state index is -1.19. The number of rotatable bonds is 0. The minimum Gasteiger partial charge on any atom is -0.385 e. The Morgan fingerprint density at radius 1 is 1.50 bits per heavy atom. The van der Waals surface area contributed by atoms with Gasteiger partial charge < -0.3 is 5.32 Å². The number of halogens is 2. The number of hydrogen-bond donors (Lipinski definition) is 1.